The average molecular weight is 538 g/mol. The Balaban J connectivity index is 1.28. The van der Waals surface area contributed by atoms with Crippen molar-refractivity contribution >= 4 is 49.6 Å². The first-order chi connectivity index (χ1) is 20.8. The minimum Gasteiger partial charge on any atom is -0.456 e. The molecule has 0 saturated heterocycles. The number of rotatable bonds is 5. The van der Waals surface area contributed by atoms with Crippen molar-refractivity contribution in [3.8, 4) is 22.5 Å². The van der Waals surface area contributed by atoms with E-state index in [1.165, 1.54) is 32.7 Å². The first-order valence-electron chi connectivity index (χ1n) is 14.3. The van der Waals surface area contributed by atoms with E-state index < -0.39 is 0 Å². The van der Waals surface area contributed by atoms with Crippen LogP contribution >= 0.6 is 0 Å². The second-order valence-corrected chi connectivity index (χ2v) is 10.6. The van der Waals surface area contributed by atoms with Gasteiger partial charge in [0.05, 0.1) is 5.69 Å². The third-order valence-electron chi connectivity index (χ3n) is 8.04. The maximum Gasteiger partial charge on any atom is 0.137 e. The third kappa shape index (κ3) is 4.31. The lowest BCUT2D eigenvalue weighted by atomic mass is 10.0. The minimum atomic E-state index is 0.852. The van der Waals surface area contributed by atoms with Crippen LogP contribution in [0.4, 0.5) is 17.1 Å². The van der Waals surface area contributed by atoms with E-state index >= 15 is 0 Å². The van der Waals surface area contributed by atoms with Gasteiger partial charge in [0.2, 0.25) is 0 Å². The zero-order valence-corrected chi connectivity index (χ0v) is 22.9. The van der Waals surface area contributed by atoms with Gasteiger partial charge in [-0.2, -0.15) is 0 Å². The van der Waals surface area contributed by atoms with Crippen LogP contribution < -0.4 is 4.90 Å². The molecule has 0 N–H and O–H groups in total. The van der Waals surface area contributed by atoms with Gasteiger partial charge in [0.25, 0.3) is 0 Å². The molecular formula is C40H27NO. The minimum absolute atomic E-state index is 0.852. The zero-order chi connectivity index (χ0) is 27.9. The molecule has 8 rings (SSSR count). The number of para-hydroxylation sites is 2. The molecule has 2 nitrogen and oxygen atoms in total. The Labute approximate surface area is 244 Å². The summed E-state index contributed by atoms with van der Waals surface area (Å²) in [7, 11) is 0. The summed E-state index contributed by atoms with van der Waals surface area (Å²) in [4.78, 5) is 2.33. The van der Waals surface area contributed by atoms with Crippen LogP contribution in [-0.4, -0.2) is 0 Å². The molecule has 0 radical (unpaired) electrons. The Hall–Kier alpha value is -5.60. The van der Waals surface area contributed by atoms with E-state index in [1.807, 2.05) is 18.2 Å². The normalized spacial score (nSPS) is 11.3. The van der Waals surface area contributed by atoms with Crippen LogP contribution in [0.25, 0.3) is 55.0 Å². The summed E-state index contributed by atoms with van der Waals surface area (Å²) in [6.45, 7) is 0. The average Bonchev–Trinajstić information content (AvgIpc) is 3.50. The predicted molar refractivity (Wildman–Crippen MR) is 177 cm³/mol. The molecule has 0 unspecified atom stereocenters. The van der Waals surface area contributed by atoms with Crippen molar-refractivity contribution in [3.63, 3.8) is 0 Å². The molecule has 8 aromatic rings. The van der Waals surface area contributed by atoms with Crippen molar-refractivity contribution in [2.75, 3.05) is 4.90 Å². The van der Waals surface area contributed by atoms with Gasteiger partial charge in [-0.3, -0.25) is 0 Å². The second-order valence-electron chi connectivity index (χ2n) is 10.6. The Morgan fingerprint density at radius 3 is 1.71 bits per heavy atom. The van der Waals surface area contributed by atoms with E-state index in [-0.39, 0.29) is 0 Å². The quantitative estimate of drug-likeness (QED) is 0.217. The molecule has 0 amide bonds. The molecule has 0 bridgehead atoms. The van der Waals surface area contributed by atoms with Gasteiger partial charge >= 0.3 is 0 Å². The molecule has 0 fully saturated rings. The summed E-state index contributed by atoms with van der Waals surface area (Å²) in [6.07, 6.45) is 0. The topological polar surface area (TPSA) is 16.4 Å². The van der Waals surface area contributed by atoms with Crippen molar-refractivity contribution in [1.82, 2.24) is 0 Å². The van der Waals surface area contributed by atoms with E-state index in [0.29, 0.717) is 0 Å². The van der Waals surface area contributed by atoms with E-state index in [2.05, 4.69) is 150 Å². The summed E-state index contributed by atoms with van der Waals surface area (Å²) in [6, 6.07) is 58.0. The molecular weight excluding hydrogens is 510 g/mol. The first kappa shape index (κ1) is 24.2. The summed E-state index contributed by atoms with van der Waals surface area (Å²) in [5.41, 5.74) is 7.56. The lowest BCUT2D eigenvalue weighted by Crippen LogP contribution is -2.11. The van der Waals surface area contributed by atoms with Gasteiger partial charge in [0, 0.05) is 22.3 Å². The molecule has 0 aliphatic carbocycles. The maximum absolute atomic E-state index is 6.37. The van der Waals surface area contributed by atoms with Gasteiger partial charge in [-0.05, 0) is 87.3 Å². The highest BCUT2D eigenvalue weighted by molar-refractivity contribution is 5.94. The van der Waals surface area contributed by atoms with Crippen molar-refractivity contribution in [2.45, 2.75) is 0 Å². The first-order valence-corrected chi connectivity index (χ1v) is 14.3. The summed E-state index contributed by atoms with van der Waals surface area (Å²) in [5, 5.41) is 6.02. The van der Waals surface area contributed by atoms with Crippen LogP contribution in [0, 0.1) is 0 Å². The van der Waals surface area contributed by atoms with Crippen LogP contribution in [0.15, 0.2) is 168 Å². The van der Waals surface area contributed by atoms with Crippen LogP contribution in [0.3, 0.4) is 0 Å². The van der Waals surface area contributed by atoms with Gasteiger partial charge in [0.1, 0.15) is 11.3 Å². The van der Waals surface area contributed by atoms with Crippen molar-refractivity contribution in [1.29, 1.82) is 0 Å². The van der Waals surface area contributed by atoms with Gasteiger partial charge in [-0.1, -0.05) is 109 Å². The van der Waals surface area contributed by atoms with Crippen molar-refractivity contribution < 1.29 is 4.42 Å². The predicted octanol–water partition coefficient (Wildman–Crippen LogP) is 11.5. The molecule has 0 saturated carbocycles. The van der Waals surface area contributed by atoms with Crippen molar-refractivity contribution in [3.05, 3.63) is 164 Å². The van der Waals surface area contributed by atoms with Gasteiger partial charge in [-0.15, -0.1) is 0 Å². The highest BCUT2D eigenvalue weighted by Gasteiger charge is 2.19. The van der Waals surface area contributed by atoms with Crippen LogP contribution in [0.5, 0.6) is 0 Å². The van der Waals surface area contributed by atoms with Crippen LogP contribution in [0.1, 0.15) is 0 Å². The molecule has 1 heterocycles. The zero-order valence-electron chi connectivity index (χ0n) is 22.9. The van der Waals surface area contributed by atoms with Gasteiger partial charge < -0.3 is 9.32 Å². The largest absolute Gasteiger partial charge is 0.456 e. The second kappa shape index (κ2) is 10.1. The fraction of sp³-hybridized carbons (Fsp3) is 0. The fourth-order valence-corrected chi connectivity index (χ4v) is 5.91. The maximum atomic E-state index is 6.37. The standard InChI is InChI=1S/C40H27NO/c1-3-11-31-25-33(18-17-28(31)9-1)30-19-22-35(23-20-30)41(36-24-21-29-10-2-4-12-32(29)26-36)38-15-7-6-14-37(38)40-27-34-13-5-8-16-39(34)42-40/h1-27H. The Morgan fingerprint density at radius 2 is 0.952 bits per heavy atom. The number of furan rings is 1. The Morgan fingerprint density at radius 1 is 0.381 bits per heavy atom. The number of benzene rings is 7. The molecule has 1 aromatic heterocycles. The monoisotopic (exact) mass is 537 g/mol. The Bertz CT molecular complexity index is 2170. The van der Waals surface area contributed by atoms with Gasteiger partial charge in [-0.25, -0.2) is 0 Å². The van der Waals surface area contributed by atoms with Crippen LogP contribution in [-0.2, 0) is 0 Å². The SMILES string of the molecule is c1ccc(N(c2ccc(-c3ccc4ccccc4c3)cc2)c2ccc3ccccc3c2)c(-c2cc3ccccc3o2)c1. The molecule has 42 heavy (non-hydrogen) atoms. The van der Waals surface area contributed by atoms with Gasteiger partial charge in [0.15, 0.2) is 0 Å². The number of hydrogen-bond donors (Lipinski definition) is 0. The molecule has 0 spiro atoms. The van der Waals surface area contributed by atoms with E-state index in [4.69, 9.17) is 4.42 Å². The lowest BCUT2D eigenvalue weighted by Gasteiger charge is -2.28. The highest BCUT2D eigenvalue weighted by atomic mass is 16.3. The summed E-state index contributed by atoms with van der Waals surface area (Å²) in [5.74, 6) is 0.852. The highest BCUT2D eigenvalue weighted by Crippen LogP contribution is 2.43. The molecule has 7 aromatic carbocycles. The summed E-state index contributed by atoms with van der Waals surface area (Å²) >= 11 is 0. The molecule has 198 valence electrons. The molecule has 0 atom stereocenters. The number of anilines is 3. The van der Waals surface area contributed by atoms with E-state index in [9.17, 15) is 0 Å². The fourth-order valence-electron chi connectivity index (χ4n) is 5.91. The third-order valence-corrected chi connectivity index (χ3v) is 8.04. The number of fused-ring (bicyclic) bond motifs is 3. The van der Waals surface area contributed by atoms with Crippen LogP contribution in [0.2, 0.25) is 0 Å². The van der Waals surface area contributed by atoms with E-state index in [0.717, 1.165) is 39.4 Å². The molecule has 2 heteroatoms. The Kier molecular flexibility index (Phi) is 5.82. The smallest absolute Gasteiger partial charge is 0.137 e. The van der Waals surface area contributed by atoms with E-state index in [1.54, 1.807) is 0 Å². The lowest BCUT2D eigenvalue weighted by molar-refractivity contribution is 0.631. The number of nitrogens with zero attached hydrogens (tertiary/aromatic N) is 1. The molecule has 0 aliphatic heterocycles. The number of hydrogen-bond acceptors (Lipinski definition) is 2. The van der Waals surface area contributed by atoms with Crippen molar-refractivity contribution in [2.24, 2.45) is 0 Å². The molecule has 0 aliphatic rings. The summed E-state index contributed by atoms with van der Waals surface area (Å²) < 4.78 is 6.37.